The summed E-state index contributed by atoms with van der Waals surface area (Å²) >= 11 is 4.84. The zero-order valence-corrected chi connectivity index (χ0v) is 12.6. The predicted octanol–water partition coefficient (Wildman–Crippen LogP) is 1.79. The van der Waals surface area contributed by atoms with Crippen LogP contribution in [0.2, 0.25) is 0 Å². The van der Waals surface area contributed by atoms with Gasteiger partial charge in [-0.3, -0.25) is 0 Å². The minimum Gasteiger partial charge on any atom is -0.389 e. The minimum atomic E-state index is -3.50. The molecule has 0 heterocycles. The van der Waals surface area contributed by atoms with Crippen LogP contribution in [0.5, 0.6) is 0 Å². The van der Waals surface area contributed by atoms with Crippen molar-refractivity contribution in [2.24, 2.45) is 11.7 Å². The first kappa shape index (κ1) is 14.4. The third-order valence-corrected chi connectivity index (χ3v) is 5.37. The topological polar surface area (TPSA) is 72.2 Å². The molecule has 4 nitrogen and oxygen atoms in total. The van der Waals surface area contributed by atoms with Gasteiger partial charge in [0.2, 0.25) is 10.0 Å². The first-order valence-electron chi connectivity index (χ1n) is 6.16. The number of hydrogen-bond donors (Lipinski definition) is 2. The van der Waals surface area contributed by atoms with E-state index in [0.717, 1.165) is 12.8 Å². The molecule has 1 fully saturated rings. The fourth-order valence-corrected chi connectivity index (χ4v) is 3.70. The number of hydrogen-bond acceptors (Lipinski definition) is 3. The molecule has 1 saturated carbocycles. The summed E-state index contributed by atoms with van der Waals surface area (Å²) < 4.78 is 27.3. The van der Waals surface area contributed by atoms with Crippen LogP contribution in [0.15, 0.2) is 29.2 Å². The Kier molecular flexibility index (Phi) is 3.68. The van der Waals surface area contributed by atoms with Crippen molar-refractivity contribution in [3.63, 3.8) is 0 Å². The minimum absolute atomic E-state index is 0.237. The maximum Gasteiger partial charge on any atom is 0.241 e. The van der Waals surface area contributed by atoms with E-state index in [1.165, 1.54) is 12.1 Å². The van der Waals surface area contributed by atoms with Gasteiger partial charge >= 0.3 is 0 Å². The molecule has 0 radical (unpaired) electrons. The second-order valence-corrected chi connectivity index (χ2v) is 7.61. The molecule has 0 amide bonds. The second-order valence-electron chi connectivity index (χ2n) is 5.49. The van der Waals surface area contributed by atoms with Crippen LogP contribution >= 0.6 is 12.2 Å². The first-order chi connectivity index (χ1) is 8.72. The molecule has 0 aliphatic heterocycles. The molecule has 0 unspecified atom stereocenters. The van der Waals surface area contributed by atoms with E-state index in [2.05, 4.69) is 4.72 Å². The van der Waals surface area contributed by atoms with E-state index >= 15 is 0 Å². The SMILES string of the molecule is CC(C)(NS(=O)(=O)c1ccc(C(N)=S)cc1)C1CC1. The second kappa shape index (κ2) is 4.85. The molecular weight excluding hydrogens is 280 g/mol. The predicted molar refractivity (Wildman–Crippen MR) is 79.5 cm³/mol. The maximum absolute atomic E-state index is 12.3. The van der Waals surface area contributed by atoms with Crippen LogP contribution in [-0.2, 0) is 10.0 Å². The van der Waals surface area contributed by atoms with E-state index in [1.807, 2.05) is 13.8 Å². The molecule has 0 aromatic heterocycles. The highest BCUT2D eigenvalue weighted by Gasteiger charge is 2.40. The van der Waals surface area contributed by atoms with Gasteiger partial charge in [0.1, 0.15) is 4.99 Å². The highest BCUT2D eigenvalue weighted by atomic mass is 32.2. The van der Waals surface area contributed by atoms with E-state index in [9.17, 15) is 8.42 Å². The number of nitrogens with two attached hydrogens (primary N) is 1. The number of thiocarbonyl (C=S) groups is 1. The molecule has 1 aliphatic rings. The monoisotopic (exact) mass is 298 g/mol. The van der Waals surface area contributed by atoms with Crippen molar-refractivity contribution in [3.8, 4) is 0 Å². The van der Waals surface area contributed by atoms with Gasteiger partial charge in [-0.2, -0.15) is 0 Å². The van der Waals surface area contributed by atoms with Gasteiger partial charge in [0.15, 0.2) is 0 Å². The molecule has 0 saturated heterocycles. The Morgan fingerprint density at radius 2 is 1.84 bits per heavy atom. The Balaban J connectivity index is 2.21. The molecule has 0 atom stereocenters. The van der Waals surface area contributed by atoms with Gasteiger partial charge in [-0.1, -0.05) is 24.4 Å². The molecule has 6 heteroatoms. The zero-order valence-electron chi connectivity index (χ0n) is 11.0. The molecule has 104 valence electrons. The van der Waals surface area contributed by atoms with Crippen molar-refractivity contribution >= 4 is 27.2 Å². The number of sulfonamides is 1. The standard InChI is InChI=1S/C13H18N2O2S2/c1-13(2,10-5-6-10)15-19(16,17)11-7-3-9(4-8-11)12(14)18/h3-4,7-8,10,15H,5-6H2,1-2H3,(H2,14,18). The maximum atomic E-state index is 12.3. The van der Waals surface area contributed by atoms with Crippen LogP contribution in [0.25, 0.3) is 0 Å². The van der Waals surface area contributed by atoms with E-state index in [-0.39, 0.29) is 9.88 Å². The molecule has 1 aromatic carbocycles. The van der Waals surface area contributed by atoms with E-state index in [0.29, 0.717) is 11.5 Å². The molecule has 2 rings (SSSR count). The fraction of sp³-hybridized carbons (Fsp3) is 0.462. The van der Waals surface area contributed by atoms with Crippen molar-refractivity contribution in [1.82, 2.24) is 4.72 Å². The fourth-order valence-electron chi connectivity index (χ4n) is 2.09. The summed E-state index contributed by atoms with van der Waals surface area (Å²) in [6.07, 6.45) is 2.16. The molecule has 0 spiro atoms. The smallest absolute Gasteiger partial charge is 0.241 e. The van der Waals surface area contributed by atoms with Crippen LogP contribution in [0, 0.1) is 5.92 Å². The van der Waals surface area contributed by atoms with Crippen LogP contribution in [0.4, 0.5) is 0 Å². The van der Waals surface area contributed by atoms with Gasteiger partial charge in [0.05, 0.1) is 4.90 Å². The normalized spacial score (nSPS) is 16.3. The number of rotatable bonds is 5. The van der Waals surface area contributed by atoms with E-state index in [1.54, 1.807) is 12.1 Å². The Labute approximate surface area is 119 Å². The average molecular weight is 298 g/mol. The zero-order chi connectivity index (χ0) is 14.3. The summed E-state index contributed by atoms with van der Waals surface area (Å²) in [5, 5.41) is 0. The number of benzene rings is 1. The van der Waals surface area contributed by atoms with Crippen molar-refractivity contribution in [2.75, 3.05) is 0 Å². The van der Waals surface area contributed by atoms with Crippen LogP contribution in [-0.4, -0.2) is 18.9 Å². The summed E-state index contributed by atoms with van der Waals surface area (Å²) in [5.74, 6) is 0.429. The lowest BCUT2D eigenvalue weighted by Crippen LogP contribution is -2.45. The third kappa shape index (κ3) is 3.32. The van der Waals surface area contributed by atoms with Gasteiger partial charge in [0.25, 0.3) is 0 Å². The average Bonchev–Trinajstić information content (AvgIpc) is 3.11. The summed E-state index contributed by atoms with van der Waals surface area (Å²) in [4.78, 5) is 0.497. The van der Waals surface area contributed by atoms with Gasteiger partial charge in [-0.15, -0.1) is 0 Å². The highest BCUT2D eigenvalue weighted by Crippen LogP contribution is 2.39. The third-order valence-electron chi connectivity index (χ3n) is 3.44. The lowest BCUT2D eigenvalue weighted by Gasteiger charge is -2.25. The molecule has 1 aliphatic carbocycles. The van der Waals surface area contributed by atoms with Gasteiger partial charge in [-0.25, -0.2) is 13.1 Å². The first-order valence-corrected chi connectivity index (χ1v) is 8.05. The molecule has 19 heavy (non-hydrogen) atoms. The van der Waals surface area contributed by atoms with Crippen LogP contribution in [0.3, 0.4) is 0 Å². The summed E-state index contributed by atoms with van der Waals surface area (Å²) in [6.45, 7) is 3.84. The summed E-state index contributed by atoms with van der Waals surface area (Å²) in [5.41, 5.74) is 5.75. The number of nitrogens with one attached hydrogen (secondary N) is 1. The molecule has 1 aromatic rings. The molecule has 0 bridgehead atoms. The van der Waals surface area contributed by atoms with Crippen LogP contribution in [0.1, 0.15) is 32.3 Å². The van der Waals surface area contributed by atoms with Crippen molar-refractivity contribution in [3.05, 3.63) is 29.8 Å². The Hall–Kier alpha value is -0.980. The van der Waals surface area contributed by atoms with Gasteiger partial charge in [-0.05, 0) is 44.7 Å². The highest BCUT2D eigenvalue weighted by molar-refractivity contribution is 7.89. The Morgan fingerprint density at radius 3 is 2.26 bits per heavy atom. The van der Waals surface area contributed by atoms with Crippen molar-refractivity contribution in [2.45, 2.75) is 37.1 Å². The van der Waals surface area contributed by atoms with E-state index < -0.39 is 15.6 Å². The summed E-state index contributed by atoms with van der Waals surface area (Å²) in [6, 6.07) is 6.31. The van der Waals surface area contributed by atoms with Crippen LogP contribution < -0.4 is 10.5 Å². The van der Waals surface area contributed by atoms with E-state index in [4.69, 9.17) is 18.0 Å². The van der Waals surface area contributed by atoms with Gasteiger partial charge < -0.3 is 5.73 Å². The Bertz CT molecular complexity index is 588. The van der Waals surface area contributed by atoms with Gasteiger partial charge in [0, 0.05) is 11.1 Å². The lowest BCUT2D eigenvalue weighted by molar-refractivity contribution is 0.400. The van der Waals surface area contributed by atoms with Crippen molar-refractivity contribution < 1.29 is 8.42 Å². The Morgan fingerprint density at radius 1 is 1.32 bits per heavy atom. The largest absolute Gasteiger partial charge is 0.389 e. The lowest BCUT2D eigenvalue weighted by atomic mass is 10.0. The summed E-state index contributed by atoms with van der Waals surface area (Å²) in [7, 11) is -3.50. The quantitative estimate of drug-likeness (QED) is 0.813. The van der Waals surface area contributed by atoms with Crippen molar-refractivity contribution in [1.29, 1.82) is 0 Å². The molecular formula is C13H18N2O2S2. The molecule has 3 N–H and O–H groups in total.